The molecule has 1 amide bonds. The number of rotatable bonds is 3. The van der Waals surface area contributed by atoms with Crippen molar-refractivity contribution in [2.24, 2.45) is 0 Å². The van der Waals surface area contributed by atoms with Gasteiger partial charge in [-0.3, -0.25) is 20.0 Å². The van der Waals surface area contributed by atoms with Crippen molar-refractivity contribution in [3.63, 3.8) is 0 Å². The molecule has 4 rings (SSSR count). The Balaban J connectivity index is 1.55. The molecule has 1 aromatic carbocycles. The number of halogens is 1. The van der Waals surface area contributed by atoms with Crippen LogP contribution >= 0.6 is 34.3 Å². The van der Waals surface area contributed by atoms with E-state index in [0.29, 0.717) is 9.90 Å². The number of benzene rings is 1. The van der Waals surface area contributed by atoms with E-state index in [0.717, 1.165) is 21.0 Å². The van der Waals surface area contributed by atoms with Gasteiger partial charge in [0.1, 0.15) is 4.83 Å². The minimum absolute atomic E-state index is 0.202. The molecule has 0 spiro atoms. The Bertz CT molecular complexity index is 987. The van der Waals surface area contributed by atoms with Gasteiger partial charge in [-0.2, -0.15) is 0 Å². The molecular formula is C14H9ClN4OS2. The van der Waals surface area contributed by atoms with E-state index >= 15 is 0 Å². The van der Waals surface area contributed by atoms with Crippen molar-refractivity contribution in [3.8, 4) is 0 Å². The molecule has 3 heterocycles. The normalized spacial score (nSPS) is 11.1. The third-order valence-corrected chi connectivity index (χ3v) is 5.12. The van der Waals surface area contributed by atoms with Crippen molar-refractivity contribution in [2.75, 3.05) is 5.43 Å². The van der Waals surface area contributed by atoms with Crippen LogP contribution in [0.4, 0.5) is 5.69 Å². The summed E-state index contributed by atoms with van der Waals surface area (Å²) < 4.78 is 1.98. The second-order valence-electron chi connectivity index (χ2n) is 4.56. The van der Waals surface area contributed by atoms with Crippen molar-refractivity contribution in [1.29, 1.82) is 0 Å². The third kappa shape index (κ3) is 2.33. The number of amides is 1. The average Bonchev–Trinajstić information content (AvgIpc) is 3.16. The molecule has 0 atom stereocenters. The number of thiophene rings is 1. The maximum Gasteiger partial charge on any atom is 0.279 e. The molecule has 2 N–H and O–H groups in total. The minimum atomic E-state index is -0.202. The number of imidazole rings is 1. The van der Waals surface area contributed by atoms with Crippen LogP contribution in [-0.2, 0) is 0 Å². The van der Waals surface area contributed by atoms with Crippen LogP contribution in [-0.4, -0.2) is 15.3 Å². The molecule has 22 heavy (non-hydrogen) atoms. The summed E-state index contributed by atoms with van der Waals surface area (Å²) in [5.41, 5.74) is 7.19. The fraction of sp³-hybridized carbons (Fsp3) is 0. The number of hydrazine groups is 1. The van der Waals surface area contributed by atoms with E-state index in [2.05, 4.69) is 15.8 Å². The number of anilines is 1. The second kappa shape index (κ2) is 5.28. The number of nitrogens with zero attached hydrogens (tertiary/aromatic N) is 2. The molecule has 0 fully saturated rings. The summed E-state index contributed by atoms with van der Waals surface area (Å²) in [6.07, 6.45) is 1.95. The quantitative estimate of drug-likeness (QED) is 0.550. The topological polar surface area (TPSA) is 58.4 Å². The Kier molecular flexibility index (Phi) is 3.25. The SMILES string of the molecule is O=C(NNc1cccc(Cl)c1)c1cc2c(nc3sccn32)s1. The van der Waals surface area contributed by atoms with Gasteiger partial charge < -0.3 is 0 Å². The Hall–Kier alpha value is -2.09. The highest BCUT2D eigenvalue weighted by atomic mass is 35.5. The summed E-state index contributed by atoms with van der Waals surface area (Å²) in [5.74, 6) is -0.202. The summed E-state index contributed by atoms with van der Waals surface area (Å²) in [5, 5.41) is 2.58. The van der Waals surface area contributed by atoms with Crippen molar-refractivity contribution < 1.29 is 4.79 Å². The van der Waals surface area contributed by atoms with E-state index < -0.39 is 0 Å². The van der Waals surface area contributed by atoms with Gasteiger partial charge in [-0.05, 0) is 24.3 Å². The second-order valence-corrected chi connectivity index (χ2v) is 6.90. The Morgan fingerprint density at radius 3 is 3.09 bits per heavy atom. The molecule has 0 aliphatic rings. The lowest BCUT2D eigenvalue weighted by atomic mass is 10.3. The predicted molar refractivity (Wildman–Crippen MR) is 91.0 cm³/mol. The van der Waals surface area contributed by atoms with Gasteiger partial charge in [0.05, 0.1) is 16.1 Å². The van der Waals surface area contributed by atoms with Crippen LogP contribution in [0.25, 0.3) is 15.3 Å². The summed E-state index contributed by atoms with van der Waals surface area (Å²) in [6, 6.07) is 8.99. The average molecular weight is 349 g/mol. The van der Waals surface area contributed by atoms with E-state index in [9.17, 15) is 4.79 Å². The fourth-order valence-electron chi connectivity index (χ4n) is 2.12. The first-order valence-electron chi connectivity index (χ1n) is 6.38. The molecule has 0 aliphatic carbocycles. The van der Waals surface area contributed by atoms with Crippen LogP contribution < -0.4 is 10.9 Å². The number of hydrogen-bond acceptors (Lipinski definition) is 5. The van der Waals surface area contributed by atoms with Crippen LogP contribution in [0.2, 0.25) is 5.02 Å². The van der Waals surface area contributed by atoms with Gasteiger partial charge in [0.25, 0.3) is 5.91 Å². The maximum atomic E-state index is 12.2. The van der Waals surface area contributed by atoms with Crippen molar-refractivity contribution in [3.05, 3.63) is 51.8 Å². The zero-order chi connectivity index (χ0) is 15.1. The lowest BCUT2D eigenvalue weighted by Crippen LogP contribution is -2.28. The first-order chi connectivity index (χ1) is 10.7. The number of nitrogens with one attached hydrogen (secondary N) is 2. The van der Waals surface area contributed by atoms with Gasteiger partial charge in [0, 0.05) is 16.6 Å². The van der Waals surface area contributed by atoms with Crippen LogP contribution in [0.3, 0.4) is 0 Å². The third-order valence-electron chi connectivity index (χ3n) is 3.11. The largest absolute Gasteiger partial charge is 0.298 e. The zero-order valence-corrected chi connectivity index (χ0v) is 13.4. The van der Waals surface area contributed by atoms with Gasteiger partial charge in [0.15, 0.2) is 4.96 Å². The van der Waals surface area contributed by atoms with Gasteiger partial charge in [-0.25, -0.2) is 4.98 Å². The summed E-state index contributed by atoms with van der Waals surface area (Å²) in [7, 11) is 0. The summed E-state index contributed by atoms with van der Waals surface area (Å²) >= 11 is 8.84. The lowest BCUT2D eigenvalue weighted by Gasteiger charge is -2.07. The van der Waals surface area contributed by atoms with Crippen molar-refractivity contribution in [2.45, 2.75) is 0 Å². The van der Waals surface area contributed by atoms with Gasteiger partial charge >= 0.3 is 0 Å². The molecule has 0 saturated heterocycles. The van der Waals surface area contributed by atoms with E-state index in [4.69, 9.17) is 11.6 Å². The van der Waals surface area contributed by atoms with E-state index in [-0.39, 0.29) is 5.91 Å². The summed E-state index contributed by atoms with van der Waals surface area (Å²) in [6.45, 7) is 0. The molecule has 0 radical (unpaired) electrons. The molecule has 8 heteroatoms. The highest BCUT2D eigenvalue weighted by Crippen LogP contribution is 2.28. The van der Waals surface area contributed by atoms with Crippen LogP contribution in [0.5, 0.6) is 0 Å². The van der Waals surface area contributed by atoms with Gasteiger partial charge in [-0.1, -0.05) is 17.7 Å². The standard InChI is InChI=1S/C14H9ClN4OS2/c15-8-2-1-3-9(6-8)17-18-12(20)11-7-10-13(22-11)16-14-19(10)4-5-21-14/h1-7,17H,(H,18,20). The predicted octanol–water partition coefficient (Wildman–Crippen LogP) is 4.02. The first-order valence-corrected chi connectivity index (χ1v) is 8.45. The van der Waals surface area contributed by atoms with Crippen molar-refractivity contribution in [1.82, 2.24) is 14.8 Å². The van der Waals surface area contributed by atoms with Gasteiger partial charge in [-0.15, -0.1) is 22.7 Å². The Labute approximate surface area is 138 Å². The molecule has 0 bridgehead atoms. The highest BCUT2D eigenvalue weighted by Gasteiger charge is 2.14. The molecule has 5 nitrogen and oxygen atoms in total. The van der Waals surface area contributed by atoms with E-state index in [1.54, 1.807) is 23.5 Å². The maximum absolute atomic E-state index is 12.2. The number of hydrogen-bond donors (Lipinski definition) is 2. The first kappa shape index (κ1) is 13.6. The molecule has 0 saturated carbocycles. The number of aromatic nitrogens is 2. The molecule has 3 aromatic heterocycles. The molecule has 4 aromatic rings. The number of thiazole rings is 1. The number of carbonyl (C=O) groups is 1. The molecule has 0 unspecified atom stereocenters. The number of fused-ring (bicyclic) bond motifs is 3. The van der Waals surface area contributed by atoms with Gasteiger partial charge in [0.2, 0.25) is 0 Å². The smallest absolute Gasteiger partial charge is 0.279 e. The van der Waals surface area contributed by atoms with Crippen LogP contribution in [0.15, 0.2) is 41.9 Å². The number of carbonyl (C=O) groups excluding carboxylic acids is 1. The Morgan fingerprint density at radius 2 is 2.23 bits per heavy atom. The highest BCUT2D eigenvalue weighted by molar-refractivity contribution is 7.21. The van der Waals surface area contributed by atoms with Crippen LogP contribution in [0, 0.1) is 0 Å². The van der Waals surface area contributed by atoms with E-state index in [1.807, 2.05) is 34.2 Å². The zero-order valence-electron chi connectivity index (χ0n) is 11.0. The summed E-state index contributed by atoms with van der Waals surface area (Å²) in [4.78, 5) is 19.1. The monoisotopic (exact) mass is 348 g/mol. The lowest BCUT2D eigenvalue weighted by molar-refractivity contribution is 0.0966. The Morgan fingerprint density at radius 1 is 1.32 bits per heavy atom. The van der Waals surface area contributed by atoms with E-state index in [1.165, 1.54) is 11.3 Å². The van der Waals surface area contributed by atoms with Crippen LogP contribution in [0.1, 0.15) is 9.67 Å². The molecule has 110 valence electrons. The molecule has 0 aliphatic heterocycles. The van der Waals surface area contributed by atoms with Crippen molar-refractivity contribution >= 4 is 61.2 Å². The fourth-order valence-corrected chi connectivity index (χ4v) is 4.00. The molecular weight excluding hydrogens is 340 g/mol. The minimum Gasteiger partial charge on any atom is -0.298 e.